The lowest BCUT2D eigenvalue weighted by Crippen LogP contribution is -2.33. The van der Waals surface area contributed by atoms with Crippen molar-refractivity contribution in [3.05, 3.63) is 38.7 Å². The van der Waals surface area contributed by atoms with Crippen molar-refractivity contribution in [2.45, 2.75) is 0 Å². The van der Waals surface area contributed by atoms with Gasteiger partial charge >= 0.3 is 5.97 Å². The van der Waals surface area contributed by atoms with Gasteiger partial charge in [0.15, 0.2) is 0 Å². The number of aliphatic carboxylic acids is 1. The molecule has 0 spiro atoms. The zero-order chi connectivity index (χ0) is 14.9. The van der Waals surface area contributed by atoms with Crippen LogP contribution in [0.4, 0.5) is 0 Å². The quantitative estimate of drug-likeness (QED) is 0.671. The van der Waals surface area contributed by atoms with Crippen molar-refractivity contribution in [1.82, 2.24) is 4.90 Å². The van der Waals surface area contributed by atoms with Crippen molar-refractivity contribution in [3.8, 4) is 0 Å². The molecule has 1 amide bonds. The molecule has 1 heterocycles. The fourth-order valence-corrected chi connectivity index (χ4v) is 3.24. The van der Waals surface area contributed by atoms with E-state index in [1.807, 2.05) is 0 Å². The molecule has 1 N–H and O–H groups in total. The molecule has 2 rings (SSSR count). The number of halogens is 2. The number of carboxylic acids is 1. The number of carbonyl (C=O) groups excluding carboxylic acids is 1. The largest absolute Gasteiger partial charge is 0.480 e. The van der Waals surface area contributed by atoms with Crippen LogP contribution in [0.15, 0.2) is 23.1 Å². The molecule has 104 valence electrons. The Balaban J connectivity index is 2.30. The topological polar surface area (TPSA) is 57.6 Å². The fourth-order valence-electron chi connectivity index (χ4n) is 1.53. The van der Waals surface area contributed by atoms with Crippen molar-refractivity contribution < 1.29 is 14.7 Å². The monoisotopic (exact) mass is 347 g/mol. The molecule has 0 atom stereocenters. The molecule has 1 saturated heterocycles. The Morgan fingerprint density at radius 1 is 1.45 bits per heavy atom. The predicted octanol–water partition coefficient (Wildman–Crippen LogP) is 3.28. The minimum absolute atomic E-state index is 0.216. The van der Waals surface area contributed by atoms with Crippen molar-refractivity contribution >= 4 is 69.5 Å². The summed E-state index contributed by atoms with van der Waals surface area (Å²) in [4.78, 5) is 24.1. The summed E-state index contributed by atoms with van der Waals surface area (Å²) in [6.45, 7) is -0.448. The zero-order valence-corrected chi connectivity index (χ0v) is 12.9. The number of nitrogens with zero attached hydrogens (tertiary/aromatic N) is 1. The van der Waals surface area contributed by atoms with Gasteiger partial charge in [-0.2, -0.15) is 0 Å². The number of hydrogen-bond donors (Lipinski definition) is 1. The van der Waals surface area contributed by atoms with Crippen molar-refractivity contribution in [3.63, 3.8) is 0 Å². The van der Waals surface area contributed by atoms with Crippen LogP contribution in [0, 0.1) is 0 Å². The molecule has 0 aliphatic carbocycles. The molecule has 8 heteroatoms. The van der Waals surface area contributed by atoms with Crippen LogP contribution in [0.3, 0.4) is 0 Å². The van der Waals surface area contributed by atoms with Crippen LogP contribution in [-0.4, -0.2) is 32.7 Å². The Bertz CT molecular complexity index is 646. The Morgan fingerprint density at radius 3 is 2.75 bits per heavy atom. The average Bonchev–Trinajstić information content (AvgIpc) is 2.60. The van der Waals surface area contributed by atoms with Crippen molar-refractivity contribution in [1.29, 1.82) is 0 Å². The number of thiocarbonyl (C=S) groups is 1. The lowest BCUT2D eigenvalue weighted by atomic mass is 10.2. The molecule has 1 aromatic rings. The highest BCUT2D eigenvalue weighted by molar-refractivity contribution is 8.26. The van der Waals surface area contributed by atoms with Crippen LogP contribution in [-0.2, 0) is 9.59 Å². The minimum Gasteiger partial charge on any atom is -0.480 e. The summed E-state index contributed by atoms with van der Waals surface area (Å²) >= 11 is 17.9. The van der Waals surface area contributed by atoms with E-state index < -0.39 is 18.4 Å². The number of thioether (sulfide) groups is 1. The number of benzene rings is 1. The summed E-state index contributed by atoms with van der Waals surface area (Å²) in [7, 11) is 0. The second-order valence-electron chi connectivity index (χ2n) is 3.83. The van der Waals surface area contributed by atoms with Crippen LogP contribution in [0.25, 0.3) is 6.08 Å². The first-order chi connectivity index (χ1) is 9.38. The van der Waals surface area contributed by atoms with E-state index in [1.54, 1.807) is 24.3 Å². The maximum atomic E-state index is 12.1. The SMILES string of the molecule is O=C(O)CN1C(=O)/C(=C\c2ccc(Cl)cc2Cl)SC1=S. The van der Waals surface area contributed by atoms with Gasteiger partial charge in [0, 0.05) is 10.0 Å². The fraction of sp³-hybridized carbons (Fsp3) is 0.0833. The molecule has 1 aliphatic heterocycles. The normalized spacial score (nSPS) is 17.1. The van der Waals surface area contributed by atoms with Crippen molar-refractivity contribution in [2.24, 2.45) is 0 Å². The first-order valence-electron chi connectivity index (χ1n) is 5.30. The van der Waals surface area contributed by atoms with Crippen LogP contribution in [0.5, 0.6) is 0 Å². The third-order valence-electron chi connectivity index (χ3n) is 2.42. The Labute approximate surface area is 134 Å². The number of amides is 1. The summed E-state index contributed by atoms with van der Waals surface area (Å²) in [6.07, 6.45) is 1.57. The van der Waals surface area contributed by atoms with Gasteiger partial charge in [-0.05, 0) is 23.8 Å². The van der Waals surface area contributed by atoms with E-state index in [9.17, 15) is 9.59 Å². The smallest absolute Gasteiger partial charge is 0.323 e. The molecule has 1 aliphatic rings. The highest BCUT2D eigenvalue weighted by atomic mass is 35.5. The Hall–Kier alpha value is -1.08. The Kier molecular flexibility index (Phi) is 4.70. The first-order valence-corrected chi connectivity index (χ1v) is 7.29. The van der Waals surface area contributed by atoms with Crippen LogP contribution < -0.4 is 0 Å². The number of hydrogen-bond acceptors (Lipinski definition) is 4. The molecule has 0 unspecified atom stereocenters. The highest BCUT2D eigenvalue weighted by Crippen LogP contribution is 2.34. The molecule has 1 fully saturated rings. The van der Waals surface area contributed by atoms with Gasteiger partial charge in [0.1, 0.15) is 10.9 Å². The standard InChI is InChI=1S/C12H7Cl2NO3S2/c13-7-2-1-6(8(14)4-7)3-9-11(18)15(5-10(16)17)12(19)20-9/h1-4H,5H2,(H,16,17)/b9-3+. The van der Waals surface area contributed by atoms with Crippen molar-refractivity contribution in [2.75, 3.05) is 6.54 Å². The average molecular weight is 348 g/mol. The van der Waals surface area contributed by atoms with E-state index in [0.29, 0.717) is 20.5 Å². The lowest BCUT2D eigenvalue weighted by molar-refractivity contribution is -0.140. The number of carbonyl (C=O) groups is 2. The van der Waals surface area contributed by atoms with Gasteiger partial charge in [0.2, 0.25) is 0 Å². The van der Waals surface area contributed by atoms with Crippen LogP contribution >= 0.6 is 47.2 Å². The van der Waals surface area contributed by atoms with E-state index >= 15 is 0 Å². The maximum Gasteiger partial charge on any atom is 0.323 e. The second-order valence-corrected chi connectivity index (χ2v) is 6.35. The van der Waals surface area contributed by atoms with Gasteiger partial charge in [-0.1, -0.05) is 53.2 Å². The van der Waals surface area contributed by atoms with Gasteiger partial charge in [-0.3, -0.25) is 14.5 Å². The summed E-state index contributed by atoms with van der Waals surface area (Å²) in [5.41, 5.74) is 0.617. The van der Waals surface area contributed by atoms with E-state index in [4.69, 9.17) is 40.5 Å². The van der Waals surface area contributed by atoms with Crippen LogP contribution in [0.1, 0.15) is 5.56 Å². The molecule has 0 saturated carbocycles. The first kappa shape index (κ1) is 15.3. The van der Waals surface area contributed by atoms with Gasteiger partial charge < -0.3 is 5.11 Å². The lowest BCUT2D eigenvalue weighted by Gasteiger charge is -2.10. The molecular weight excluding hydrogens is 341 g/mol. The minimum atomic E-state index is -1.12. The van der Waals surface area contributed by atoms with Gasteiger partial charge in [-0.25, -0.2) is 0 Å². The maximum absolute atomic E-state index is 12.1. The van der Waals surface area contributed by atoms with E-state index in [1.165, 1.54) is 0 Å². The molecule has 0 aromatic heterocycles. The van der Waals surface area contributed by atoms with Crippen LogP contribution in [0.2, 0.25) is 10.0 Å². The third kappa shape index (κ3) is 3.32. The molecule has 0 bridgehead atoms. The zero-order valence-electron chi connectivity index (χ0n) is 9.80. The summed E-state index contributed by atoms with van der Waals surface area (Å²) in [5.74, 6) is -1.56. The highest BCUT2D eigenvalue weighted by Gasteiger charge is 2.33. The molecule has 1 aromatic carbocycles. The second kappa shape index (κ2) is 6.13. The third-order valence-corrected chi connectivity index (χ3v) is 4.36. The van der Waals surface area contributed by atoms with E-state index in [2.05, 4.69) is 0 Å². The van der Waals surface area contributed by atoms with E-state index in [-0.39, 0.29) is 4.32 Å². The van der Waals surface area contributed by atoms with Gasteiger partial charge in [-0.15, -0.1) is 0 Å². The summed E-state index contributed by atoms with van der Waals surface area (Å²) in [5, 5.41) is 9.64. The number of rotatable bonds is 3. The molecular formula is C12H7Cl2NO3S2. The number of carboxylic acid groups (broad SMARTS) is 1. The molecule has 0 radical (unpaired) electrons. The van der Waals surface area contributed by atoms with Gasteiger partial charge in [0.25, 0.3) is 5.91 Å². The molecule has 4 nitrogen and oxygen atoms in total. The molecule has 20 heavy (non-hydrogen) atoms. The van der Waals surface area contributed by atoms with E-state index in [0.717, 1.165) is 16.7 Å². The summed E-state index contributed by atoms with van der Waals surface area (Å²) in [6, 6.07) is 4.89. The van der Waals surface area contributed by atoms with Gasteiger partial charge in [0.05, 0.1) is 4.91 Å². The Morgan fingerprint density at radius 2 is 2.15 bits per heavy atom. The predicted molar refractivity (Wildman–Crippen MR) is 84.0 cm³/mol. The summed E-state index contributed by atoms with van der Waals surface area (Å²) < 4.78 is 0.216.